The molecule has 0 unspecified atom stereocenters. The first-order valence-electron chi connectivity index (χ1n) is 8.50. The lowest BCUT2D eigenvalue weighted by Gasteiger charge is -2.22. The second kappa shape index (κ2) is 7.26. The Labute approximate surface area is 132 Å². The van der Waals surface area contributed by atoms with Crippen LogP contribution in [0.5, 0.6) is 5.88 Å². The molecule has 0 saturated carbocycles. The van der Waals surface area contributed by atoms with E-state index in [1.807, 2.05) is 13.0 Å². The molecule has 21 heavy (non-hydrogen) atoms. The number of aromatic nitrogens is 2. The van der Waals surface area contributed by atoms with Crippen molar-refractivity contribution in [1.82, 2.24) is 13.6 Å². The van der Waals surface area contributed by atoms with Crippen molar-refractivity contribution in [3.8, 4) is 5.88 Å². The second-order valence-electron chi connectivity index (χ2n) is 5.11. The minimum atomic E-state index is -2.91. The summed E-state index contributed by atoms with van der Waals surface area (Å²) in [5.41, 5.74) is 1.01. The number of hydrogen-bond donors (Lipinski definition) is 0. The van der Waals surface area contributed by atoms with Crippen LogP contribution in [0.3, 0.4) is 0 Å². The van der Waals surface area contributed by atoms with Crippen molar-refractivity contribution in [2.75, 3.05) is 26.7 Å². The quantitative estimate of drug-likeness (QED) is 0.771. The lowest BCUT2D eigenvalue weighted by molar-refractivity contribution is -0.0501. The lowest BCUT2D eigenvalue weighted by atomic mass is 10.1. The van der Waals surface area contributed by atoms with E-state index in [0.29, 0.717) is 37.1 Å². The van der Waals surface area contributed by atoms with Crippen molar-refractivity contribution in [1.29, 1.82) is 0 Å². The Bertz CT molecular complexity index is 578. The van der Waals surface area contributed by atoms with Crippen LogP contribution in [0.15, 0.2) is 6.08 Å². The smallest absolute Gasteiger partial charge is 0.281 e. The molecule has 0 amide bonds. The van der Waals surface area contributed by atoms with Gasteiger partial charge in [-0.1, -0.05) is 19.4 Å². The number of likely N-dealkylation sites (N-methyl/N-ethyl adjacent to an activating group) is 1. The molecule has 1 aliphatic heterocycles. The number of unbranched alkanes of at least 4 members (excludes halogenated alkanes) is 1. The standard InChI is InChI=1S/C14H21F2N3OS/c1-3-4-7-14(15,16)10-20-13-12(17-21-18-13)11-6-5-8-19(2)9-11/h6H,3-5,7-10H2,1-2H3/i2D3. The van der Waals surface area contributed by atoms with Gasteiger partial charge in [0.05, 0.1) is 11.7 Å². The molecule has 0 atom stereocenters. The van der Waals surface area contributed by atoms with Gasteiger partial charge < -0.3 is 9.64 Å². The fourth-order valence-corrected chi connectivity index (χ4v) is 2.60. The van der Waals surface area contributed by atoms with E-state index < -0.39 is 19.5 Å². The normalized spacial score (nSPS) is 19.6. The average Bonchev–Trinajstić information content (AvgIpc) is 2.99. The maximum Gasteiger partial charge on any atom is 0.281 e. The summed E-state index contributed by atoms with van der Waals surface area (Å²) in [6.45, 7) is -0.502. The third-order valence-electron chi connectivity index (χ3n) is 3.23. The van der Waals surface area contributed by atoms with Crippen molar-refractivity contribution in [2.24, 2.45) is 0 Å². The Morgan fingerprint density at radius 2 is 2.38 bits per heavy atom. The Kier molecular flexibility index (Phi) is 4.31. The van der Waals surface area contributed by atoms with Gasteiger partial charge in [0.1, 0.15) is 5.69 Å². The number of ether oxygens (including phenoxy) is 1. The summed E-state index contributed by atoms with van der Waals surface area (Å²) in [6.07, 6.45) is 3.30. The number of hydrogen-bond acceptors (Lipinski definition) is 5. The van der Waals surface area contributed by atoms with Crippen molar-refractivity contribution in [3.05, 3.63) is 11.8 Å². The molecule has 0 N–H and O–H groups in total. The molecule has 0 fully saturated rings. The van der Waals surface area contributed by atoms with Crippen LogP contribution in [-0.4, -0.2) is 46.2 Å². The molecule has 0 aromatic carbocycles. The fraction of sp³-hybridized carbons (Fsp3) is 0.714. The van der Waals surface area contributed by atoms with Crippen molar-refractivity contribution in [3.63, 3.8) is 0 Å². The van der Waals surface area contributed by atoms with Gasteiger partial charge in [-0.15, -0.1) is 4.37 Å². The van der Waals surface area contributed by atoms with Crippen molar-refractivity contribution in [2.45, 2.75) is 38.5 Å². The van der Waals surface area contributed by atoms with Crippen LogP contribution in [0.2, 0.25) is 0 Å². The summed E-state index contributed by atoms with van der Waals surface area (Å²) < 4.78 is 63.2. The molecule has 7 heteroatoms. The molecule has 0 saturated heterocycles. The van der Waals surface area contributed by atoms with Gasteiger partial charge in [-0.25, -0.2) is 8.78 Å². The third-order valence-corrected chi connectivity index (χ3v) is 3.74. The van der Waals surface area contributed by atoms with E-state index in [0.717, 1.165) is 11.7 Å². The minimum Gasteiger partial charge on any atom is -0.469 e. The highest BCUT2D eigenvalue weighted by Crippen LogP contribution is 2.29. The Morgan fingerprint density at radius 3 is 3.14 bits per heavy atom. The molecular formula is C14H21F2N3OS. The van der Waals surface area contributed by atoms with Crippen LogP contribution in [0.1, 0.15) is 42.4 Å². The topological polar surface area (TPSA) is 38.2 Å². The summed E-state index contributed by atoms with van der Waals surface area (Å²) >= 11 is 0.867. The zero-order valence-electron chi connectivity index (χ0n) is 14.9. The van der Waals surface area contributed by atoms with Gasteiger partial charge in [0.25, 0.3) is 11.8 Å². The molecule has 4 nitrogen and oxygen atoms in total. The van der Waals surface area contributed by atoms with E-state index in [1.165, 1.54) is 4.90 Å². The van der Waals surface area contributed by atoms with E-state index >= 15 is 0 Å². The lowest BCUT2D eigenvalue weighted by Crippen LogP contribution is -2.27. The predicted octanol–water partition coefficient (Wildman–Crippen LogP) is 3.46. The molecule has 0 bridgehead atoms. The number of halogens is 2. The SMILES string of the molecule is [2H]C([2H])([2H])N1CCC=C(c2nsnc2OCC(F)(F)CCCC)C1. The van der Waals surface area contributed by atoms with Crippen LogP contribution in [0.25, 0.3) is 5.57 Å². The molecule has 1 aliphatic rings. The number of alkyl halides is 2. The first-order valence-corrected chi connectivity index (χ1v) is 7.73. The van der Waals surface area contributed by atoms with E-state index in [-0.39, 0.29) is 18.8 Å². The summed E-state index contributed by atoms with van der Waals surface area (Å²) in [5.74, 6) is -2.86. The minimum absolute atomic E-state index is 0.0508. The number of nitrogens with zero attached hydrogens (tertiary/aromatic N) is 3. The molecule has 1 aromatic heterocycles. The first-order chi connectivity index (χ1) is 11.2. The highest BCUT2D eigenvalue weighted by atomic mass is 32.1. The Balaban J connectivity index is 2.04. The molecule has 2 heterocycles. The Hall–Kier alpha value is -1.08. The van der Waals surface area contributed by atoms with E-state index in [1.54, 1.807) is 0 Å². The molecular weight excluding hydrogens is 296 g/mol. The highest BCUT2D eigenvalue weighted by molar-refractivity contribution is 6.99. The van der Waals surface area contributed by atoms with Crippen molar-refractivity contribution < 1.29 is 17.6 Å². The zero-order valence-corrected chi connectivity index (χ0v) is 12.8. The number of rotatable bonds is 7. The fourth-order valence-electron chi connectivity index (χ4n) is 2.07. The monoisotopic (exact) mass is 320 g/mol. The Morgan fingerprint density at radius 1 is 1.52 bits per heavy atom. The zero-order chi connectivity index (χ0) is 17.8. The molecule has 118 valence electrons. The maximum atomic E-state index is 13.7. The van der Waals surface area contributed by atoms with E-state index in [4.69, 9.17) is 8.85 Å². The van der Waals surface area contributed by atoms with Gasteiger partial charge in [0, 0.05) is 23.6 Å². The van der Waals surface area contributed by atoms with Crippen LogP contribution >= 0.6 is 11.7 Å². The average molecular weight is 320 g/mol. The van der Waals surface area contributed by atoms with Crippen molar-refractivity contribution >= 4 is 17.3 Å². The summed E-state index contributed by atoms with van der Waals surface area (Å²) in [7, 11) is 0. The molecule has 2 rings (SSSR count). The van der Waals surface area contributed by atoms with Gasteiger partial charge in [-0.3, -0.25) is 0 Å². The second-order valence-corrected chi connectivity index (χ2v) is 5.63. The van der Waals surface area contributed by atoms with Gasteiger partial charge >= 0.3 is 0 Å². The van der Waals surface area contributed by atoms with Gasteiger partial charge in [-0.2, -0.15) is 4.37 Å². The van der Waals surface area contributed by atoms with Gasteiger partial charge in [-0.05, 0) is 25.4 Å². The largest absolute Gasteiger partial charge is 0.469 e. The van der Waals surface area contributed by atoms with E-state index in [2.05, 4.69) is 8.75 Å². The van der Waals surface area contributed by atoms with Gasteiger partial charge in [0.15, 0.2) is 6.61 Å². The highest BCUT2D eigenvalue weighted by Gasteiger charge is 2.30. The predicted molar refractivity (Wildman–Crippen MR) is 80.0 cm³/mol. The van der Waals surface area contributed by atoms with E-state index in [9.17, 15) is 8.78 Å². The van der Waals surface area contributed by atoms with Gasteiger partial charge in [0.2, 0.25) is 0 Å². The van der Waals surface area contributed by atoms with Crippen LogP contribution in [0, 0.1) is 0 Å². The van der Waals surface area contributed by atoms with Crippen LogP contribution in [0.4, 0.5) is 8.78 Å². The summed E-state index contributed by atoms with van der Waals surface area (Å²) in [6, 6.07) is 0. The third kappa shape index (κ3) is 4.71. The van der Waals surface area contributed by atoms with Crippen LogP contribution in [-0.2, 0) is 0 Å². The summed E-state index contributed by atoms with van der Waals surface area (Å²) in [5, 5.41) is 0. The summed E-state index contributed by atoms with van der Waals surface area (Å²) in [4.78, 5) is 1.35. The molecule has 0 aliphatic carbocycles. The first kappa shape index (κ1) is 12.5. The van der Waals surface area contributed by atoms with Crippen LogP contribution < -0.4 is 4.74 Å². The maximum absolute atomic E-state index is 13.7. The molecule has 0 spiro atoms. The molecule has 1 aromatic rings. The molecule has 0 radical (unpaired) electrons.